The number of piperidine rings is 1. The molecule has 3 saturated heterocycles. The highest BCUT2D eigenvalue weighted by molar-refractivity contribution is 7.99. The highest BCUT2D eigenvalue weighted by Gasteiger charge is 2.41. The van der Waals surface area contributed by atoms with Gasteiger partial charge in [-0.25, -0.2) is 0 Å². The fourth-order valence-electron chi connectivity index (χ4n) is 2.88. The van der Waals surface area contributed by atoms with Crippen molar-refractivity contribution in [1.82, 2.24) is 10.2 Å². The molecule has 0 aliphatic carbocycles. The highest BCUT2D eigenvalue weighted by Crippen LogP contribution is 2.31. The van der Waals surface area contributed by atoms with Crippen LogP contribution in [-0.4, -0.2) is 66.4 Å². The number of ether oxygens (including phenoxy) is 2. The first kappa shape index (κ1) is 14.2. The van der Waals surface area contributed by atoms with Crippen LogP contribution < -0.4 is 5.32 Å². The van der Waals surface area contributed by atoms with Crippen LogP contribution >= 0.6 is 11.8 Å². The summed E-state index contributed by atoms with van der Waals surface area (Å²) in [6.45, 7) is 2.55. The maximum Gasteiger partial charge on any atom is 0.246 e. The molecule has 1 atom stereocenters. The predicted molar refractivity (Wildman–Crippen MR) is 74.3 cm³/mol. The molecule has 3 rings (SSSR count). The molecule has 3 fully saturated rings. The van der Waals surface area contributed by atoms with Crippen molar-refractivity contribution in [2.45, 2.75) is 31.1 Å². The Morgan fingerprint density at radius 1 is 1.30 bits per heavy atom. The minimum absolute atomic E-state index is 0.0238. The topological polar surface area (TPSA) is 67.9 Å². The fourth-order valence-corrected chi connectivity index (χ4v) is 3.84. The van der Waals surface area contributed by atoms with E-state index in [0.29, 0.717) is 51.3 Å². The molecular formula is C13H20N2O4S. The molecule has 0 aromatic rings. The van der Waals surface area contributed by atoms with Crippen molar-refractivity contribution in [2.75, 3.05) is 37.8 Å². The van der Waals surface area contributed by atoms with Gasteiger partial charge in [0.15, 0.2) is 5.79 Å². The van der Waals surface area contributed by atoms with E-state index >= 15 is 0 Å². The van der Waals surface area contributed by atoms with E-state index in [1.165, 1.54) is 0 Å². The Bertz CT molecular complexity index is 388. The van der Waals surface area contributed by atoms with Crippen LogP contribution in [0.4, 0.5) is 0 Å². The Balaban J connectivity index is 1.56. The van der Waals surface area contributed by atoms with E-state index in [0.717, 1.165) is 5.75 Å². The number of hydrogen-bond acceptors (Lipinski definition) is 5. The third-order valence-corrected chi connectivity index (χ3v) is 5.10. The van der Waals surface area contributed by atoms with Gasteiger partial charge < -0.3 is 19.7 Å². The molecule has 0 radical (unpaired) electrons. The van der Waals surface area contributed by atoms with Gasteiger partial charge in [0.25, 0.3) is 0 Å². The van der Waals surface area contributed by atoms with E-state index in [1.807, 2.05) is 4.90 Å². The van der Waals surface area contributed by atoms with Gasteiger partial charge in [-0.05, 0) is 0 Å². The standard InChI is InChI=1S/C13H20N2O4S/c16-11-1-8-20-9-10(14-11)12(17)15-4-2-13(3-5-15)18-6-7-19-13/h10H,1-9H2,(H,14,16)/t10-/m0/s1. The van der Waals surface area contributed by atoms with Gasteiger partial charge in [0.1, 0.15) is 6.04 Å². The molecule has 1 N–H and O–H groups in total. The number of amides is 2. The van der Waals surface area contributed by atoms with Gasteiger partial charge in [-0.1, -0.05) is 0 Å². The Morgan fingerprint density at radius 2 is 2.00 bits per heavy atom. The largest absolute Gasteiger partial charge is 0.347 e. The third kappa shape index (κ3) is 2.94. The molecule has 3 heterocycles. The highest BCUT2D eigenvalue weighted by atomic mass is 32.2. The smallest absolute Gasteiger partial charge is 0.246 e. The minimum atomic E-state index is -0.460. The maximum atomic E-state index is 12.5. The number of rotatable bonds is 1. The predicted octanol–water partition coefficient (Wildman–Crippen LogP) is -0.0264. The zero-order valence-electron chi connectivity index (χ0n) is 11.4. The molecule has 0 saturated carbocycles. The van der Waals surface area contributed by atoms with Crippen LogP contribution in [0.3, 0.4) is 0 Å². The molecule has 112 valence electrons. The Kier molecular flexibility index (Phi) is 4.18. The second-order valence-corrected chi connectivity index (χ2v) is 6.53. The fraction of sp³-hybridized carbons (Fsp3) is 0.846. The average Bonchev–Trinajstić information content (AvgIpc) is 2.79. The summed E-state index contributed by atoms with van der Waals surface area (Å²) in [4.78, 5) is 25.8. The Morgan fingerprint density at radius 3 is 2.70 bits per heavy atom. The molecule has 7 heteroatoms. The number of carbonyl (C=O) groups is 2. The molecule has 20 heavy (non-hydrogen) atoms. The Hall–Kier alpha value is -0.790. The van der Waals surface area contributed by atoms with Crippen molar-refractivity contribution < 1.29 is 19.1 Å². The number of likely N-dealkylation sites (tertiary alicyclic amines) is 1. The molecule has 6 nitrogen and oxygen atoms in total. The monoisotopic (exact) mass is 300 g/mol. The van der Waals surface area contributed by atoms with Crippen molar-refractivity contribution >= 4 is 23.6 Å². The van der Waals surface area contributed by atoms with E-state index in [-0.39, 0.29) is 17.9 Å². The van der Waals surface area contributed by atoms with Gasteiger partial charge in [-0.15, -0.1) is 0 Å². The van der Waals surface area contributed by atoms with E-state index in [2.05, 4.69) is 5.32 Å². The molecule has 0 aromatic heterocycles. The lowest BCUT2D eigenvalue weighted by atomic mass is 10.0. The van der Waals surface area contributed by atoms with E-state index < -0.39 is 5.79 Å². The van der Waals surface area contributed by atoms with Crippen molar-refractivity contribution in [3.63, 3.8) is 0 Å². The van der Waals surface area contributed by atoms with Crippen LogP contribution in [0.15, 0.2) is 0 Å². The molecule has 0 bridgehead atoms. The van der Waals surface area contributed by atoms with Gasteiger partial charge in [0, 0.05) is 43.9 Å². The summed E-state index contributed by atoms with van der Waals surface area (Å²) in [6, 6.07) is -0.380. The van der Waals surface area contributed by atoms with Crippen molar-refractivity contribution in [3.05, 3.63) is 0 Å². The molecule has 1 spiro atoms. The first-order valence-corrected chi connectivity index (χ1v) is 8.28. The SMILES string of the molecule is O=C1CCSC[C@@H](C(=O)N2CCC3(CC2)OCCO3)N1. The van der Waals surface area contributed by atoms with Crippen molar-refractivity contribution in [1.29, 1.82) is 0 Å². The van der Waals surface area contributed by atoms with Gasteiger partial charge >= 0.3 is 0 Å². The summed E-state index contributed by atoms with van der Waals surface area (Å²) in [6.07, 6.45) is 1.93. The normalized spacial score (nSPS) is 30.1. The molecular weight excluding hydrogens is 280 g/mol. The second-order valence-electron chi connectivity index (χ2n) is 5.38. The second kappa shape index (κ2) is 5.91. The lowest BCUT2D eigenvalue weighted by Crippen LogP contribution is -2.54. The average molecular weight is 300 g/mol. The van der Waals surface area contributed by atoms with E-state index in [9.17, 15) is 9.59 Å². The number of nitrogens with zero attached hydrogens (tertiary/aromatic N) is 1. The number of nitrogens with one attached hydrogen (secondary N) is 1. The Labute approximate surface area is 122 Å². The zero-order valence-corrected chi connectivity index (χ0v) is 12.2. The van der Waals surface area contributed by atoms with Crippen LogP contribution in [0.1, 0.15) is 19.3 Å². The van der Waals surface area contributed by atoms with Gasteiger partial charge in [0.2, 0.25) is 11.8 Å². The molecule has 3 aliphatic rings. The van der Waals surface area contributed by atoms with Gasteiger partial charge in [0.05, 0.1) is 13.2 Å². The summed E-state index contributed by atoms with van der Waals surface area (Å²) >= 11 is 1.66. The molecule has 0 aromatic carbocycles. The van der Waals surface area contributed by atoms with Crippen LogP contribution in [0, 0.1) is 0 Å². The number of carbonyl (C=O) groups excluding carboxylic acids is 2. The van der Waals surface area contributed by atoms with Gasteiger partial charge in [-0.3, -0.25) is 9.59 Å². The lowest BCUT2D eigenvalue weighted by Gasteiger charge is -2.38. The van der Waals surface area contributed by atoms with Crippen LogP contribution in [0.25, 0.3) is 0 Å². The van der Waals surface area contributed by atoms with Crippen LogP contribution in [0.2, 0.25) is 0 Å². The summed E-state index contributed by atoms with van der Waals surface area (Å²) in [7, 11) is 0. The van der Waals surface area contributed by atoms with Gasteiger partial charge in [-0.2, -0.15) is 11.8 Å². The molecule has 0 unspecified atom stereocenters. The van der Waals surface area contributed by atoms with Crippen molar-refractivity contribution in [3.8, 4) is 0 Å². The third-order valence-electron chi connectivity index (χ3n) is 4.04. The summed E-state index contributed by atoms with van der Waals surface area (Å²) < 4.78 is 11.3. The van der Waals surface area contributed by atoms with E-state index in [1.54, 1.807) is 11.8 Å². The quantitative estimate of drug-likeness (QED) is 0.737. The zero-order chi connectivity index (χ0) is 14.0. The van der Waals surface area contributed by atoms with E-state index in [4.69, 9.17) is 9.47 Å². The first-order valence-electron chi connectivity index (χ1n) is 7.12. The molecule has 2 amide bonds. The van der Waals surface area contributed by atoms with Crippen LogP contribution in [-0.2, 0) is 19.1 Å². The summed E-state index contributed by atoms with van der Waals surface area (Å²) in [5.41, 5.74) is 0. The molecule has 3 aliphatic heterocycles. The van der Waals surface area contributed by atoms with Crippen molar-refractivity contribution in [2.24, 2.45) is 0 Å². The number of hydrogen-bond donors (Lipinski definition) is 1. The lowest BCUT2D eigenvalue weighted by molar-refractivity contribution is -0.187. The summed E-state index contributed by atoms with van der Waals surface area (Å²) in [5.74, 6) is 1.00. The maximum absolute atomic E-state index is 12.5. The first-order chi connectivity index (χ1) is 9.69. The summed E-state index contributed by atoms with van der Waals surface area (Å²) in [5, 5.41) is 2.82. The number of thioether (sulfide) groups is 1. The van der Waals surface area contributed by atoms with Crippen LogP contribution in [0.5, 0.6) is 0 Å². The minimum Gasteiger partial charge on any atom is -0.347 e.